The van der Waals surface area contributed by atoms with Crippen LogP contribution in [0, 0.1) is 0 Å². The second-order valence-electron chi connectivity index (χ2n) is 3.32. The van der Waals surface area contributed by atoms with Crippen LogP contribution < -0.4 is 0 Å². The monoisotopic (exact) mass is 329 g/mol. The van der Waals surface area contributed by atoms with Gasteiger partial charge >= 0.3 is 0 Å². The fourth-order valence-corrected chi connectivity index (χ4v) is 2.92. The van der Waals surface area contributed by atoms with Gasteiger partial charge in [0.2, 0.25) is 10.0 Å². The van der Waals surface area contributed by atoms with Gasteiger partial charge in [-0.3, -0.25) is 0 Å². The van der Waals surface area contributed by atoms with Crippen molar-refractivity contribution in [3.05, 3.63) is 22.6 Å². The summed E-state index contributed by atoms with van der Waals surface area (Å²) in [7, 11) is -1.71. The van der Waals surface area contributed by atoms with Crippen molar-refractivity contribution in [1.29, 1.82) is 0 Å². The fraction of sp³-hybridized carbons (Fsp3) is 0.556. The third kappa shape index (κ3) is 4.08. The molecule has 0 amide bonds. The molecule has 0 radical (unpaired) electrons. The Morgan fingerprint density at radius 2 is 2.19 bits per heavy atom. The molecule has 16 heavy (non-hydrogen) atoms. The first-order chi connectivity index (χ1) is 7.45. The van der Waals surface area contributed by atoms with Gasteiger partial charge in [-0.05, 0) is 34.5 Å². The zero-order valence-corrected chi connectivity index (χ0v) is 12.0. The largest absolute Gasteiger partial charge is 0.453 e. The van der Waals surface area contributed by atoms with Crippen LogP contribution in [0.2, 0.25) is 0 Å². The van der Waals surface area contributed by atoms with Crippen LogP contribution in [0.25, 0.3) is 0 Å². The van der Waals surface area contributed by atoms with Crippen LogP contribution in [0.1, 0.15) is 12.2 Å². The molecule has 4 nitrogen and oxygen atoms in total. The fourth-order valence-electron chi connectivity index (χ4n) is 1.15. The summed E-state index contributed by atoms with van der Waals surface area (Å²) >= 11 is 8.63. The normalized spacial score (nSPS) is 12.2. The van der Waals surface area contributed by atoms with Gasteiger partial charge in [-0.1, -0.05) is 0 Å². The maximum atomic E-state index is 11.7. The highest BCUT2D eigenvalue weighted by atomic mass is 79.9. The van der Waals surface area contributed by atoms with Crippen LogP contribution in [0.15, 0.2) is 21.2 Å². The Balaban J connectivity index is 2.61. The Hall–Kier alpha value is -0.0400. The summed E-state index contributed by atoms with van der Waals surface area (Å²) < 4.78 is 30.5. The summed E-state index contributed by atoms with van der Waals surface area (Å²) in [5.74, 6) is 1.01. The predicted molar refractivity (Wildman–Crippen MR) is 67.0 cm³/mol. The molecule has 1 aromatic heterocycles. The molecule has 0 unspecified atom stereocenters. The molecule has 0 aliphatic carbocycles. The van der Waals surface area contributed by atoms with E-state index in [1.54, 1.807) is 12.1 Å². The van der Waals surface area contributed by atoms with Crippen molar-refractivity contribution < 1.29 is 12.8 Å². The van der Waals surface area contributed by atoms with Crippen molar-refractivity contribution in [2.24, 2.45) is 0 Å². The number of rotatable bonds is 6. The van der Waals surface area contributed by atoms with E-state index >= 15 is 0 Å². The number of alkyl halides is 1. The van der Waals surface area contributed by atoms with E-state index in [1.165, 1.54) is 11.4 Å². The molecule has 1 aromatic rings. The molecular formula is C9H13BrClNO3S. The van der Waals surface area contributed by atoms with Crippen LogP contribution >= 0.6 is 27.5 Å². The molecule has 0 aromatic carbocycles. The zero-order valence-electron chi connectivity index (χ0n) is 8.82. The minimum atomic E-state index is -3.24. The van der Waals surface area contributed by atoms with Crippen molar-refractivity contribution in [3.63, 3.8) is 0 Å². The second kappa shape index (κ2) is 6.05. The Bertz CT molecular complexity index is 432. The van der Waals surface area contributed by atoms with E-state index in [0.717, 1.165) is 0 Å². The molecule has 0 bridgehead atoms. The number of hydrogen-bond donors (Lipinski definition) is 0. The highest BCUT2D eigenvalue weighted by Gasteiger charge is 2.18. The lowest BCUT2D eigenvalue weighted by atomic mass is 10.4. The third-order valence-corrected chi connectivity index (χ3v) is 4.60. The standard InChI is InChI=1S/C9H13BrClNO3S/c1-12(16(13,14)6-2-5-11)7-8-3-4-9(10)15-8/h3-4H,2,5-7H2,1H3. The Morgan fingerprint density at radius 3 is 2.69 bits per heavy atom. The van der Waals surface area contributed by atoms with Crippen LogP contribution in [0.5, 0.6) is 0 Å². The van der Waals surface area contributed by atoms with Gasteiger partial charge in [0, 0.05) is 12.9 Å². The summed E-state index contributed by atoms with van der Waals surface area (Å²) in [6.07, 6.45) is 0.454. The van der Waals surface area contributed by atoms with Crippen LogP contribution in [0.4, 0.5) is 0 Å². The maximum Gasteiger partial charge on any atom is 0.214 e. The van der Waals surface area contributed by atoms with Crippen molar-refractivity contribution in [3.8, 4) is 0 Å². The van der Waals surface area contributed by atoms with E-state index in [4.69, 9.17) is 16.0 Å². The van der Waals surface area contributed by atoms with Gasteiger partial charge in [-0.2, -0.15) is 4.31 Å². The van der Waals surface area contributed by atoms with Crippen LogP contribution in [-0.4, -0.2) is 31.4 Å². The Morgan fingerprint density at radius 1 is 1.50 bits per heavy atom. The first-order valence-corrected chi connectivity index (χ1v) is 7.63. The lowest BCUT2D eigenvalue weighted by Gasteiger charge is -2.15. The molecule has 0 saturated heterocycles. The smallest absolute Gasteiger partial charge is 0.214 e. The highest BCUT2D eigenvalue weighted by Crippen LogP contribution is 2.16. The average Bonchev–Trinajstić information content (AvgIpc) is 2.61. The van der Waals surface area contributed by atoms with Crippen LogP contribution in [0.3, 0.4) is 0 Å². The summed E-state index contributed by atoms with van der Waals surface area (Å²) in [6, 6.07) is 3.46. The molecular weight excluding hydrogens is 318 g/mol. The van der Waals surface area contributed by atoms with Gasteiger partial charge in [0.05, 0.1) is 12.3 Å². The molecule has 0 aliphatic heterocycles. The van der Waals surface area contributed by atoms with Crippen molar-refractivity contribution in [2.75, 3.05) is 18.7 Å². The van der Waals surface area contributed by atoms with Gasteiger partial charge < -0.3 is 4.42 Å². The molecule has 92 valence electrons. The lowest BCUT2D eigenvalue weighted by Crippen LogP contribution is -2.28. The minimum Gasteiger partial charge on any atom is -0.453 e. The van der Waals surface area contributed by atoms with Gasteiger partial charge in [0.1, 0.15) is 5.76 Å². The molecule has 1 rings (SSSR count). The van der Waals surface area contributed by atoms with E-state index in [-0.39, 0.29) is 12.3 Å². The van der Waals surface area contributed by atoms with Crippen molar-refractivity contribution in [2.45, 2.75) is 13.0 Å². The lowest BCUT2D eigenvalue weighted by molar-refractivity contribution is 0.398. The van der Waals surface area contributed by atoms with Gasteiger partial charge in [-0.15, -0.1) is 11.6 Å². The number of halogens is 2. The summed E-state index contributed by atoms with van der Waals surface area (Å²) in [6.45, 7) is 0.232. The summed E-state index contributed by atoms with van der Waals surface area (Å²) in [5, 5.41) is 0. The Kier molecular flexibility index (Phi) is 5.30. The average molecular weight is 331 g/mol. The molecule has 7 heteroatoms. The topological polar surface area (TPSA) is 50.5 Å². The van der Waals surface area contributed by atoms with Crippen molar-refractivity contribution >= 4 is 37.6 Å². The zero-order chi connectivity index (χ0) is 12.2. The number of furan rings is 1. The molecule has 0 aliphatic rings. The van der Waals surface area contributed by atoms with Crippen LogP contribution in [-0.2, 0) is 16.6 Å². The second-order valence-corrected chi connectivity index (χ2v) is 6.68. The number of hydrogen-bond acceptors (Lipinski definition) is 3. The highest BCUT2D eigenvalue weighted by molar-refractivity contribution is 9.10. The quantitative estimate of drug-likeness (QED) is 0.753. The van der Waals surface area contributed by atoms with Gasteiger partial charge in [0.15, 0.2) is 4.67 Å². The summed E-state index contributed by atoms with van der Waals surface area (Å²) in [4.78, 5) is 0. The molecule has 0 spiro atoms. The van der Waals surface area contributed by atoms with Gasteiger partial charge in [-0.25, -0.2) is 8.42 Å². The van der Waals surface area contributed by atoms with E-state index in [0.29, 0.717) is 22.7 Å². The predicted octanol–water partition coefficient (Wildman–Crippen LogP) is 2.43. The maximum absolute atomic E-state index is 11.7. The molecule has 1 heterocycles. The van der Waals surface area contributed by atoms with E-state index in [1.807, 2.05) is 0 Å². The number of sulfonamides is 1. The summed E-state index contributed by atoms with van der Waals surface area (Å²) in [5.41, 5.74) is 0. The molecule has 0 fully saturated rings. The number of nitrogens with zero attached hydrogens (tertiary/aromatic N) is 1. The van der Waals surface area contributed by atoms with Crippen molar-refractivity contribution in [1.82, 2.24) is 4.31 Å². The minimum absolute atomic E-state index is 0.0644. The first kappa shape index (κ1) is 14.0. The SMILES string of the molecule is CN(Cc1ccc(Br)o1)S(=O)(=O)CCCCl. The first-order valence-electron chi connectivity index (χ1n) is 4.70. The Labute approximate surface area is 109 Å². The molecule has 0 saturated carbocycles. The molecule has 0 N–H and O–H groups in total. The third-order valence-electron chi connectivity index (χ3n) is 2.02. The van der Waals surface area contributed by atoms with Gasteiger partial charge in [0.25, 0.3) is 0 Å². The van der Waals surface area contributed by atoms with E-state index < -0.39 is 10.0 Å². The van der Waals surface area contributed by atoms with E-state index in [9.17, 15) is 8.42 Å². The molecule has 0 atom stereocenters. The van der Waals surface area contributed by atoms with E-state index in [2.05, 4.69) is 15.9 Å².